The highest BCUT2D eigenvalue weighted by Crippen LogP contribution is 2.34. The summed E-state index contributed by atoms with van der Waals surface area (Å²) in [6.45, 7) is 0.600. The van der Waals surface area contributed by atoms with E-state index in [1.807, 2.05) is 6.92 Å². The number of pyridine rings is 2. The SMILES string of the molecule is COc1cccc(-c2cc(C)c3c(O)n(-c4cnn(CC(F)(F)F)c4)cc3n2)n1. The second-order valence-electron chi connectivity index (χ2n) is 6.48. The molecule has 4 aromatic heterocycles. The van der Waals surface area contributed by atoms with Crippen LogP contribution in [0.5, 0.6) is 11.8 Å². The first-order valence-electron chi connectivity index (χ1n) is 8.58. The maximum atomic E-state index is 12.6. The van der Waals surface area contributed by atoms with Crippen LogP contribution in [-0.4, -0.2) is 42.7 Å². The number of aromatic nitrogens is 5. The molecule has 29 heavy (non-hydrogen) atoms. The number of rotatable bonds is 4. The van der Waals surface area contributed by atoms with Crippen LogP contribution in [0.15, 0.2) is 42.9 Å². The maximum Gasteiger partial charge on any atom is 0.408 e. The van der Waals surface area contributed by atoms with Crippen molar-refractivity contribution in [2.45, 2.75) is 19.6 Å². The topological polar surface area (TPSA) is 78.0 Å². The van der Waals surface area contributed by atoms with E-state index in [-0.39, 0.29) is 5.88 Å². The molecule has 4 heterocycles. The van der Waals surface area contributed by atoms with Crippen molar-refractivity contribution in [3.8, 4) is 28.8 Å². The minimum absolute atomic E-state index is 0.123. The number of aryl methyl sites for hydroxylation is 1. The van der Waals surface area contributed by atoms with Gasteiger partial charge in [0.15, 0.2) is 0 Å². The maximum absolute atomic E-state index is 12.6. The molecule has 0 aromatic carbocycles. The summed E-state index contributed by atoms with van der Waals surface area (Å²) in [6.07, 6.45) is -0.365. The van der Waals surface area contributed by atoms with Gasteiger partial charge in [-0.3, -0.25) is 9.25 Å². The lowest BCUT2D eigenvalue weighted by Gasteiger charge is -2.05. The van der Waals surface area contributed by atoms with E-state index in [0.29, 0.717) is 33.9 Å². The summed E-state index contributed by atoms with van der Waals surface area (Å²) in [5.41, 5.74) is 2.70. The largest absolute Gasteiger partial charge is 0.494 e. The highest BCUT2D eigenvalue weighted by Gasteiger charge is 2.28. The molecule has 0 aliphatic carbocycles. The van der Waals surface area contributed by atoms with Gasteiger partial charge in [0, 0.05) is 18.5 Å². The van der Waals surface area contributed by atoms with Crippen molar-refractivity contribution in [2.75, 3.05) is 7.11 Å². The van der Waals surface area contributed by atoms with Gasteiger partial charge in [-0.25, -0.2) is 9.97 Å². The molecule has 10 heteroatoms. The Bertz CT molecular complexity index is 1200. The van der Waals surface area contributed by atoms with Crippen molar-refractivity contribution in [1.29, 1.82) is 0 Å². The number of ether oxygens (including phenoxy) is 1. The molecule has 0 aliphatic heterocycles. The highest BCUT2D eigenvalue weighted by atomic mass is 19.4. The average molecular weight is 403 g/mol. The zero-order chi connectivity index (χ0) is 20.8. The molecule has 0 atom stereocenters. The van der Waals surface area contributed by atoms with Crippen molar-refractivity contribution in [2.24, 2.45) is 0 Å². The molecule has 1 N–H and O–H groups in total. The van der Waals surface area contributed by atoms with E-state index in [9.17, 15) is 18.3 Å². The fourth-order valence-electron chi connectivity index (χ4n) is 3.13. The average Bonchev–Trinajstić information content (AvgIpc) is 3.24. The zero-order valence-corrected chi connectivity index (χ0v) is 15.5. The number of fused-ring (bicyclic) bond motifs is 1. The summed E-state index contributed by atoms with van der Waals surface area (Å²) in [6, 6.07) is 7.07. The van der Waals surface area contributed by atoms with Crippen molar-refractivity contribution in [3.63, 3.8) is 0 Å². The van der Waals surface area contributed by atoms with E-state index >= 15 is 0 Å². The first-order valence-corrected chi connectivity index (χ1v) is 8.58. The normalized spacial score (nSPS) is 11.9. The van der Waals surface area contributed by atoms with Gasteiger partial charge in [0.25, 0.3) is 0 Å². The Kier molecular flexibility index (Phi) is 4.40. The van der Waals surface area contributed by atoms with Crippen LogP contribution in [0.3, 0.4) is 0 Å². The summed E-state index contributed by atoms with van der Waals surface area (Å²) < 4.78 is 45.0. The summed E-state index contributed by atoms with van der Waals surface area (Å²) in [5, 5.41) is 14.9. The fraction of sp³-hybridized carbons (Fsp3) is 0.211. The van der Waals surface area contributed by atoms with E-state index in [1.54, 1.807) is 30.5 Å². The first-order chi connectivity index (χ1) is 13.7. The molecule has 0 spiro atoms. The third-order valence-electron chi connectivity index (χ3n) is 4.38. The monoisotopic (exact) mass is 403 g/mol. The molecular weight excluding hydrogens is 387 g/mol. The number of hydrogen-bond donors (Lipinski definition) is 1. The number of methoxy groups -OCH3 is 1. The van der Waals surface area contributed by atoms with Gasteiger partial charge in [-0.05, 0) is 24.6 Å². The van der Waals surface area contributed by atoms with Crippen LogP contribution >= 0.6 is 0 Å². The lowest BCUT2D eigenvalue weighted by atomic mass is 10.1. The molecule has 4 aromatic rings. The van der Waals surface area contributed by atoms with Crippen molar-refractivity contribution >= 4 is 10.9 Å². The summed E-state index contributed by atoms with van der Waals surface area (Å²) >= 11 is 0. The Balaban J connectivity index is 1.78. The smallest absolute Gasteiger partial charge is 0.408 e. The fourth-order valence-corrected chi connectivity index (χ4v) is 3.13. The summed E-state index contributed by atoms with van der Waals surface area (Å²) in [7, 11) is 1.52. The molecule has 4 rings (SSSR count). The van der Waals surface area contributed by atoms with Gasteiger partial charge >= 0.3 is 6.18 Å². The van der Waals surface area contributed by atoms with Crippen LogP contribution in [0.2, 0.25) is 0 Å². The van der Waals surface area contributed by atoms with Crippen LogP contribution in [0.4, 0.5) is 13.2 Å². The predicted octanol–water partition coefficient (Wildman–Crippen LogP) is 3.87. The van der Waals surface area contributed by atoms with Gasteiger partial charge in [0.05, 0.1) is 41.3 Å². The van der Waals surface area contributed by atoms with E-state index < -0.39 is 12.7 Å². The van der Waals surface area contributed by atoms with E-state index in [2.05, 4.69) is 15.1 Å². The Hall–Kier alpha value is -3.56. The first kappa shape index (κ1) is 18.8. The Morgan fingerprint density at radius 3 is 2.66 bits per heavy atom. The van der Waals surface area contributed by atoms with Gasteiger partial charge in [-0.1, -0.05) is 6.07 Å². The number of alkyl halides is 3. The van der Waals surface area contributed by atoms with E-state index in [1.165, 1.54) is 24.1 Å². The molecule has 7 nitrogen and oxygen atoms in total. The van der Waals surface area contributed by atoms with Gasteiger partial charge in [-0.2, -0.15) is 18.3 Å². The molecule has 0 unspecified atom stereocenters. The molecule has 0 aliphatic rings. The zero-order valence-electron chi connectivity index (χ0n) is 15.5. The molecule has 0 bridgehead atoms. The molecule has 150 valence electrons. The van der Waals surface area contributed by atoms with Gasteiger partial charge in [0.1, 0.15) is 6.54 Å². The highest BCUT2D eigenvalue weighted by molar-refractivity contribution is 5.90. The predicted molar refractivity (Wildman–Crippen MR) is 99.1 cm³/mol. The minimum atomic E-state index is -4.39. The molecule has 0 saturated carbocycles. The van der Waals surface area contributed by atoms with Crippen LogP contribution in [0.25, 0.3) is 28.0 Å². The van der Waals surface area contributed by atoms with Crippen LogP contribution in [0, 0.1) is 6.92 Å². The lowest BCUT2D eigenvalue weighted by Crippen LogP contribution is -2.17. The third kappa shape index (κ3) is 3.60. The van der Waals surface area contributed by atoms with E-state index in [4.69, 9.17) is 4.74 Å². The summed E-state index contributed by atoms with van der Waals surface area (Å²) in [4.78, 5) is 8.91. The Morgan fingerprint density at radius 1 is 1.14 bits per heavy atom. The second kappa shape index (κ2) is 6.80. The molecule has 0 fully saturated rings. The molecule has 0 amide bonds. The lowest BCUT2D eigenvalue weighted by molar-refractivity contribution is -0.142. The van der Waals surface area contributed by atoms with Crippen LogP contribution < -0.4 is 4.74 Å². The Morgan fingerprint density at radius 2 is 1.93 bits per heavy atom. The minimum Gasteiger partial charge on any atom is -0.494 e. The molecular formula is C19H16F3N5O2. The number of nitrogens with zero attached hydrogens (tertiary/aromatic N) is 5. The number of hydrogen-bond acceptors (Lipinski definition) is 5. The number of aromatic hydroxyl groups is 1. The third-order valence-corrected chi connectivity index (χ3v) is 4.38. The second-order valence-corrected chi connectivity index (χ2v) is 6.48. The van der Waals surface area contributed by atoms with Gasteiger partial charge in [0.2, 0.25) is 11.8 Å². The van der Waals surface area contributed by atoms with Crippen LogP contribution in [-0.2, 0) is 6.54 Å². The quantitative estimate of drug-likeness (QED) is 0.560. The Labute approximate surface area is 163 Å². The van der Waals surface area contributed by atoms with Gasteiger partial charge < -0.3 is 9.84 Å². The van der Waals surface area contributed by atoms with E-state index in [0.717, 1.165) is 10.2 Å². The van der Waals surface area contributed by atoms with Crippen LogP contribution in [0.1, 0.15) is 5.56 Å². The van der Waals surface area contributed by atoms with Crippen molar-refractivity contribution < 1.29 is 23.0 Å². The molecule has 0 radical (unpaired) electrons. The molecule has 0 saturated heterocycles. The summed E-state index contributed by atoms with van der Waals surface area (Å²) in [5.74, 6) is 0.321. The standard InChI is InChI=1S/C19H16F3N5O2/c1-11-6-14(13-4-3-5-16(25-13)29-2)24-15-9-27(18(28)17(11)15)12-7-23-26(8-12)10-19(20,21)22/h3-9,28H,10H2,1-2H3. The van der Waals surface area contributed by atoms with Crippen molar-refractivity contribution in [3.05, 3.63) is 48.4 Å². The number of halogens is 3. The van der Waals surface area contributed by atoms with Crippen molar-refractivity contribution in [1.82, 2.24) is 24.3 Å². The van der Waals surface area contributed by atoms with Gasteiger partial charge in [-0.15, -0.1) is 0 Å².